The van der Waals surface area contributed by atoms with Gasteiger partial charge in [-0.2, -0.15) is 0 Å². The topological polar surface area (TPSA) is 56.7 Å². The first-order valence-electron chi connectivity index (χ1n) is 6.88. The maximum atomic E-state index is 6.36. The molecule has 0 atom stereocenters. The number of aromatic nitrogens is 3. The van der Waals surface area contributed by atoms with Gasteiger partial charge in [0, 0.05) is 29.9 Å². The van der Waals surface area contributed by atoms with Crippen LogP contribution in [0.15, 0.2) is 18.5 Å². The van der Waals surface area contributed by atoms with Gasteiger partial charge in [-0.3, -0.25) is 4.98 Å². The molecule has 0 bridgehead atoms. The molecule has 2 heterocycles. The van der Waals surface area contributed by atoms with E-state index in [0.29, 0.717) is 12.0 Å². The summed E-state index contributed by atoms with van der Waals surface area (Å²) >= 11 is 0. The second-order valence-corrected chi connectivity index (χ2v) is 5.65. The van der Waals surface area contributed by atoms with Crippen LogP contribution in [0.1, 0.15) is 50.0 Å². The summed E-state index contributed by atoms with van der Waals surface area (Å²) in [6.45, 7) is 6.41. The van der Waals surface area contributed by atoms with Gasteiger partial charge in [-0.25, -0.2) is 4.98 Å². The van der Waals surface area contributed by atoms with E-state index < -0.39 is 0 Å². The van der Waals surface area contributed by atoms with Crippen molar-refractivity contribution >= 4 is 5.82 Å². The van der Waals surface area contributed by atoms with E-state index in [0.717, 1.165) is 28.5 Å². The fourth-order valence-electron chi connectivity index (χ4n) is 2.50. The van der Waals surface area contributed by atoms with Crippen molar-refractivity contribution in [3.05, 3.63) is 29.8 Å². The molecule has 0 aliphatic heterocycles. The molecule has 0 amide bonds. The van der Waals surface area contributed by atoms with Gasteiger partial charge in [0.1, 0.15) is 17.3 Å². The van der Waals surface area contributed by atoms with Crippen molar-refractivity contribution in [3.63, 3.8) is 0 Å². The Bertz CT molecular complexity index is 609. The Morgan fingerprint density at radius 1 is 1.37 bits per heavy atom. The van der Waals surface area contributed by atoms with Crippen LogP contribution in [0.3, 0.4) is 0 Å². The van der Waals surface area contributed by atoms with Crippen LogP contribution in [0.2, 0.25) is 0 Å². The number of nitrogen functional groups attached to an aromatic ring is 1. The minimum Gasteiger partial charge on any atom is -0.383 e. The van der Waals surface area contributed by atoms with Gasteiger partial charge in [-0.1, -0.05) is 13.8 Å². The maximum absolute atomic E-state index is 6.36. The highest BCUT2D eigenvalue weighted by Crippen LogP contribution is 2.42. The van der Waals surface area contributed by atoms with Crippen LogP contribution in [-0.4, -0.2) is 14.5 Å². The molecule has 0 radical (unpaired) electrons. The Morgan fingerprint density at radius 2 is 2.11 bits per heavy atom. The predicted octanol–water partition coefficient (Wildman–Crippen LogP) is 3.29. The summed E-state index contributed by atoms with van der Waals surface area (Å²) in [5, 5.41) is 0. The van der Waals surface area contributed by atoms with Crippen molar-refractivity contribution in [2.24, 2.45) is 0 Å². The zero-order chi connectivity index (χ0) is 13.6. The fourth-order valence-corrected chi connectivity index (χ4v) is 2.50. The molecule has 19 heavy (non-hydrogen) atoms. The van der Waals surface area contributed by atoms with Crippen LogP contribution in [0.5, 0.6) is 0 Å². The lowest BCUT2D eigenvalue weighted by molar-refractivity contribution is 0.646. The van der Waals surface area contributed by atoms with Crippen LogP contribution >= 0.6 is 0 Å². The van der Waals surface area contributed by atoms with Crippen molar-refractivity contribution in [3.8, 4) is 11.3 Å². The number of nitrogens with two attached hydrogens (primary N) is 1. The van der Waals surface area contributed by atoms with E-state index in [1.54, 1.807) is 6.20 Å². The lowest BCUT2D eigenvalue weighted by atomic mass is 10.1. The first-order valence-corrected chi connectivity index (χ1v) is 6.88. The average molecular weight is 256 g/mol. The van der Waals surface area contributed by atoms with Gasteiger partial charge in [-0.05, 0) is 31.4 Å². The molecular formula is C15H20N4. The SMILES string of the molecule is Cc1ccncc1-c1nc(C(C)C)n(C2CC2)c1N. The third kappa shape index (κ3) is 2.01. The van der Waals surface area contributed by atoms with E-state index in [2.05, 4.69) is 30.3 Å². The number of rotatable bonds is 3. The highest BCUT2D eigenvalue weighted by Gasteiger charge is 2.31. The van der Waals surface area contributed by atoms with E-state index in [1.165, 1.54) is 12.8 Å². The Balaban J connectivity index is 2.17. The zero-order valence-corrected chi connectivity index (χ0v) is 11.7. The van der Waals surface area contributed by atoms with Crippen LogP contribution in [0.4, 0.5) is 5.82 Å². The van der Waals surface area contributed by atoms with Gasteiger partial charge in [0.05, 0.1) is 0 Å². The molecule has 100 valence electrons. The second kappa shape index (κ2) is 4.37. The molecule has 4 heteroatoms. The largest absolute Gasteiger partial charge is 0.383 e. The normalized spacial score (nSPS) is 15.2. The van der Waals surface area contributed by atoms with Gasteiger partial charge in [0.2, 0.25) is 0 Å². The standard InChI is InChI=1S/C15H20N4/c1-9(2)15-18-13(12-8-17-7-6-10(12)3)14(16)19(15)11-4-5-11/h6-9,11H,4-5,16H2,1-3H3. The van der Waals surface area contributed by atoms with Crippen LogP contribution in [0.25, 0.3) is 11.3 Å². The molecule has 0 unspecified atom stereocenters. The van der Waals surface area contributed by atoms with Crippen LogP contribution in [0, 0.1) is 6.92 Å². The molecule has 0 aromatic carbocycles. The van der Waals surface area contributed by atoms with Crippen molar-refractivity contribution in [1.82, 2.24) is 14.5 Å². The second-order valence-electron chi connectivity index (χ2n) is 5.65. The van der Waals surface area contributed by atoms with Crippen molar-refractivity contribution < 1.29 is 0 Å². The summed E-state index contributed by atoms with van der Waals surface area (Å²) in [4.78, 5) is 9.00. The zero-order valence-electron chi connectivity index (χ0n) is 11.7. The molecule has 3 rings (SSSR count). The molecule has 1 saturated carbocycles. The molecule has 2 aromatic rings. The van der Waals surface area contributed by atoms with Crippen molar-refractivity contribution in [2.75, 3.05) is 5.73 Å². The smallest absolute Gasteiger partial charge is 0.132 e. The summed E-state index contributed by atoms with van der Waals surface area (Å²) in [5.41, 5.74) is 9.45. The Morgan fingerprint density at radius 3 is 2.68 bits per heavy atom. The summed E-state index contributed by atoms with van der Waals surface area (Å²) in [6.07, 6.45) is 6.09. The number of imidazole rings is 1. The third-order valence-corrected chi connectivity index (χ3v) is 3.70. The van der Waals surface area contributed by atoms with Gasteiger partial charge in [0.15, 0.2) is 0 Å². The molecule has 1 aliphatic carbocycles. The Labute approximate surface area is 113 Å². The first kappa shape index (κ1) is 12.2. The van der Waals surface area contributed by atoms with Crippen molar-refractivity contribution in [1.29, 1.82) is 0 Å². The molecule has 0 saturated heterocycles. The third-order valence-electron chi connectivity index (χ3n) is 3.70. The number of hydrogen-bond donors (Lipinski definition) is 1. The lowest BCUT2D eigenvalue weighted by Crippen LogP contribution is -2.06. The fraction of sp³-hybridized carbons (Fsp3) is 0.467. The number of pyridine rings is 1. The minimum absolute atomic E-state index is 0.383. The van der Waals surface area contributed by atoms with E-state index in [-0.39, 0.29) is 0 Å². The van der Waals surface area contributed by atoms with Crippen LogP contribution < -0.4 is 5.73 Å². The van der Waals surface area contributed by atoms with Gasteiger partial charge >= 0.3 is 0 Å². The molecule has 1 fully saturated rings. The first-order chi connectivity index (χ1) is 9.09. The average Bonchev–Trinajstić information content (AvgIpc) is 3.14. The Hall–Kier alpha value is -1.84. The highest BCUT2D eigenvalue weighted by molar-refractivity contribution is 5.73. The predicted molar refractivity (Wildman–Crippen MR) is 77.0 cm³/mol. The van der Waals surface area contributed by atoms with Crippen molar-refractivity contribution in [2.45, 2.75) is 45.6 Å². The van der Waals surface area contributed by atoms with E-state index >= 15 is 0 Å². The minimum atomic E-state index is 0.383. The monoisotopic (exact) mass is 256 g/mol. The Kier molecular flexibility index (Phi) is 2.81. The molecule has 2 N–H and O–H groups in total. The van der Waals surface area contributed by atoms with E-state index in [9.17, 15) is 0 Å². The highest BCUT2D eigenvalue weighted by atomic mass is 15.2. The number of aryl methyl sites for hydroxylation is 1. The molecule has 4 nitrogen and oxygen atoms in total. The quantitative estimate of drug-likeness (QED) is 0.916. The van der Waals surface area contributed by atoms with Gasteiger partial charge < -0.3 is 10.3 Å². The molecular weight excluding hydrogens is 236 g/mol. The molecule has 0 spiro atoms. The number of hydrogen-bond acceptors (Lipinski definition) is 3. The summed E-state index contributed by atoms with van der Waals surface area (Å²) in [7, 11) is 0. The molecule has 2 aromatic heterocycles. The lowest BCUT2D eigenvalue weighted by Gasteiger charge is -2.10. The number of anilines is 1. The summed E-state index contributed by atoms with van der Waals surface area (Å²) in [5.74, 6) is 2.27. The molecule has 1 aliphatic rings. The number of nitrogens with zero attached hydrogens (tertiary/aromatic N) is 3. The van der Waals surface area contributed by atoms with Gasteiger partial charge in [-0.15, -0.1) is 0 Å². The van der Waals surface area contributed by atoms with Crippen LogP contribution in [-0.2, 0) is 0 Å². The van der Waals surface area contributed by atoms with E-state index in [4.69, 9.17) is 10.7 Å². The van der Waals surface area contributed by atoms with Gasteiger partial charge in [0.25, 0.3) is 0 Å². The summed E-state index contributed by atoms with van der Waals surface area (Å²) < 4.78 is 2.23. The van der Waals surface area contributed by atoms with E-state index in [1.807, 2.05) is 12.3 Å². The summed E-state index contributed by atoms with van der Waals surface area (Å²) in [6, 6.07) is 2.55. The maximum Gasteiger partial charge on any atom is 0.132 e.